The monoisotopic (exact) mass is 484 g/mol. The maximum absolute atomic E-state index is 13.3. The van der Waals surface area contributed by atoms with Crippen LogP contribution in [0.1, 0.15) is 11.1 Å². The number of rotatable bonds is 8. The van der Waals surface area contributed by atoms with Crippen molar-refractivity contribution in [3.05, 3.63) is 100 Å². The molecule has 0 atom stereocenters. The molecule has 8 heteroatoms. The van der Waals surface area contributed by atoms with E-state index in [-0.39, 0.29) is 17.2 Å². The summed E-state index contributed by atoms with van der Waals surface area (Å²) in [6.07, 6.45) is 5.04. The van der Waals surface area contributed by atoms with Crippen LogP contribution in [0, 0.1) is 6.92 Å². The quantitative estimate of drug-likeness (QED) is 0.171. The van der Waals surface area contributed by atoms with Crippen molar-refractivity contribution in [1.29, 1.82) is 0 Å². The molecule has 1 amide bonds. The number of methoxy groups -OCH3 is 1. The van der Waals surface area contributed by atoms with E-state index in [4.69, 9.17) is 4.74 Å². The smallest absolute Gasteiger partial charge is 0.266 e. The minimum atomic E-state index is -0.310. The number of hydrazone groups is 1. The number of aryl methyl sites for hydroxylation is 1. The van der Waals surface area contributed by atoms with Crippen LogP contribution in [-0.4, -0.2) is 34.5 Å². The van der Waals surface area contributed by atoms with E-state index in [1.165, 1.54) is 18.0 Å². The van der Waals surface area contributed by atoms with E-state index in [0.717, 1.165) is 16.9 Å². The first-order valence-corrected chi connectivity index (χ1v) is 11.9. The number of hydrogen-bond acceptors (Lipinski definition) is 6. The standard InChI is InChI=1S/C27H24N4O3S/c1-19-13-15-21(16-14-19)31-26(33)22-10-4-5-11-23(22)29-27(31)35-18-25(32)30-28-17-7-9-20-8-3-6-12-24(20)34-2/h3-17H,18H2,1-2H3,(H,30,32)/b9-7-,28-17?. The van der Waals surface area contributed by atoms with Crippen LogP contribution in [0.25, 0.3) is 22.7 Å². The van der Waals surface area contributed by atoms with Gasteiger partial charge in [0.2, 0.25) is 0 Å². The lowest BCUT2D eigenvalue weighted by molar-refractivity contribution is -0.118. The fourth-order valence-electron chi connectivity index (χ4n) is 3.40. The summed E-state index contributed by atoms with van der Waals surface area (Å²) in [5, 5.41) is 4.92. The van der Waals surface area contributed by atoms with E-state index < -0.39 is 0 Å². The summed E-state index contributed by atoms with van der Waals surface area (Å²) in [5.74, 6) is 0.486. The second kappa shape index (κ2) is 11.3. The van der Waals surface area contributed by atoms with Gasteiger partial charge in [0.05, 0.1) is 29.5 Å². The molecule has 7 nitrogen and oxygen atoms in total. The van der Waals surface area contributed by atoms with Gasteiger partial charge in [0.15, 0.2) is 5.16 Å². The molecule has 4 rings (SSSR count). The van der Waals surface area contributed by atoms with Crippen molar-refractivity contribution >= 4 is 40.9 Å². The number of aromatic nitrogens is 2. The summed E-state index contributed by atoms with van der Waals surface area (Å²) < 4.78 is 6.84. The molecule has 0 spiro atoms. The molecule has 35 heavy (non-hydrogen) atoms. The molecule has 1 heterocycles. The number of ether oxygens (including phenoxy) is 1. The van der Waals surface area contributed by atoms with Gasteiger partial charge < -0.3 is 4.74 Å². The van der Waals surface area contributed by atoms with Crippen molar-refractivity contribution in [2.45, 2.75) is 12.1 Å². The van der Waals surface area contributed by atoms with Gasteiger partial charge in [0, 0.05) is 11.8 Å². The minimum absolute atomic E-state index is 0.0458. The number of fused-ring (bicyclic) bond motifs is 1. The Morgan fingerprint density at radius 3 is 2.63 bits per heavy atom. The Balaban J connectivity index is 1.47. The predicted octanol–water partition coefficient (Wildman–Crippen LogP) is 4.61. The maximum Gasteiger partial charge on any atom is 0.266 e. The lowest BCUT2D eigenvalue weighted by atomic mass is 10.2. The van der Waals surface area contributed by atoms with E-state index in [1.54, 1.807) is 29.9 Å². The molecule has 4 aromatic rings. The van der Waals surface area contributed by atoms with Crippen molar-refractivity contribution in [3.63, 3.8) is 0 Å². The van der Waals surface area contributed by atoms with Gasteiger partial charge in [-0.3, -0.25) is 14.2 Å². The molecule has 0 aliphatic carbocycles. The highest BCUT2D eigenvalue weighted by Gasteiger charge is 2.14. The van der Waals surface area contributed by atoms with Gasteiger partial charge in [-0.2, -0.15) is 5.10 Å². The third kappa shape index (κ3) is 5.85. The Morgan fingerprint density at radius 2 is 1.83 bits per heavy atom. The Bertz CT molecular complexity index is 1460. The lowest BCUT2D eigenvalue weighted by Gasteiger charge is -2.13. The molecule has 0 fully saturated rings. The van der Waals surface area contributed by atoms with Crippen molar-refractivity contribution < 1.29 is 9.53 Å². The molecule has 1 N–H and O–H groups in total. The first-order valence-electron chi connectivity index (χ1n) is 10.9. The first-order chi connectivity index (χ1) is 17.1. The van der Waals surface area contributed by atoms with Crippen LogP contribution in [0.2, 0.25) is 0 Å². The van der Waals surface area contributed by atoms with Crippen molar-refractivity contribution in [2.75, 3.05) is 12.9 Å². The molecule has 0 unspecified atom stereocenters. The van der Waals surface area contributed by atoms with Gasteiger partial charge in [0.25, 0.3) is 11.5 Å². The normalized spacial score (nSPS) is 11.4. The molecule has 0 radical (unpaired) electrons. The summed E-state index contributed by atoms with van der Waals surface area (Å²) in [5.41, 5.74) is 5.59. The zero-order chi connectivity index (χ0) is 24.6. The van der Waals surface area contributed by atoms with Crippen LogP contribution < -0.4 is 15.7 Å². The van der Waals surface area contributed by atoms with Crippen molar-refractivity contribution in [2.24, 2.45) is 5.10 Å². The fourth-order valence-corrected chi connectivity index (χ4v) is 4.20. The number of carbonyl (C=O) groups excluding carboxylic acids is 1. The summed E-state index contributed by atoms with van der Waals surface area (Å²) in [4.78, 5) is 30.3. The number of benzene rings is 3. The summed E-state index contributed by atoms with van der Waals surface area (Å²) >= 11 is 1.18. The molecule has 1 aromatic heterocycles. The Morgan fingerprint density at radius 1 is 1.09 bits per heavy atom. The Labute approximate surface area is 207 Å². The Kier molecular flexibility index (Phi) is 7.74. The number of carbonyl (C=O) groups is 1. The number of nitrogens with zero attached hydrogens (tertiary/aromatic N) is 3. The van der Waals surface area contributed by atoms with E-state index in [0.29, 0.717) is 21.7 Å². The summed E-state index contributed by atoms with van der Waals surface area (Å²) in [7, 11) is 1.61. The average molecular weight is 485 g/mol. The number of nitrogens with one attached hydrogen (secondary N) is 1. The average Bonchev–Trinajstić information content (AvgIpc) is 2.88. The van der Waals surface area contributed by atoms with Gasteiger partial charge in [-0.05, 0) is 49.4 Å². The predicted molar refractivity (Wildman–Crippen MR) is 141 cm³/mol. The molecular formula is C27H24N4O3S. The van der Waals surface area contributed by atoms with Gasteiger partial charge >= 0.3 is 0 Å². The van der Waals surface area contributed by atoms with Crippen LogP contribution in [0.4, 0.5) is 0 Å². The lowest BCUT2D eigenvalue weighted by Crippen LogP contribution is -2.24. The van der Waals surface area contributed by atoms with Gasteiger partial charge in [-0.15, -0.1) is 0 Å². The van der Waals surface area contributed by atoms with Gasteiger partial charge in [0.1, 0.15) is 5.75 Å². The van der Waals surface area contributed by atoms with E-state index >= 15 is 0 Å². The molecule has 0 bridgehead atoms. The largest absolute Gasteiger partial charge is 0.496 e. The highest BCUT2D eigenvalue weighted by atomic mass is 32.2. The number of para-hydroxylation sites is 2. The van der Waals surface area contributed by atoms with E-state index in [9.17, 15) is 9.59 Å². The van der Waals surface area contributed by atoms with Crippen LogP contribution >= 0.6 is 11.8 Å². The molecule has 0 saturated heterocycles. The second-order valence-electron chi connectivity index (χ2n) is 7.59. The van der Waals surface area contributed by atoms with Gasteiger partial charge in [-0.1, -0.05) is 59.8 Å². The summed E-state index contributed by atoms with van der Waals surface area (Å²) in [6, 6.07) is 22.4. The maximum atomic E-state index is 13.3. The highest BCUT2D eigenvalue weighted by Crippen LogP contribution is 2.21. The van der Waals surface area contributed by atoms with Crippen molar-refractivity contribution in [3.8, 4) is 11.4 Å². The number of allylic oxidation sites excluding steroid dienone is 1. The topological polar surface area (TPSA) is 85.6 Å². The first kappa shape index (κ1) is 24.0. The molecule has 176 valence electrons. The zero-order valence-electron chi connectivity index (χ0n) is 19.3. The molecule has 0 saturated carbocycles. The van der Waals surface area contributed by atoms with Crippen LogP contribution in [0.5, 0.6) is 5.75 Å². The second-order valence-corrected chi connectivity index (χ2v) is 8.53. The van der Waals surface area contributed by atoms with E-state index in [2.05, 4.69) is 15.5 Å². The van der Waals surface area contributed by atoms with Crippen LogP contribution in [-0.2, 0) is 4.79 Å². The zero-order valence-corrected chi connectivity index (χ0v) is 20.2. The van der Waals surface area contributed by atoms with Crippen molar-refractivity contribution in [1.82, 2.24) is 15.0 Å². The third-order valence-electron chi connectivity index (χ3n) is 5.13. The SMILES string of the molecule is COc1ccccc1/C=C\C=NNC(=O)CSc1nc2ccccc2c(=O)n1-c1ccc(C)cc1. The number of amides is 1. The number of thioether (sulfide) groups is 1. The minimum Gasteiger partial charge on any atom is -0.496 e. The Hall–Kier alpha value is -4.17. The third-order valence-corrected chi connectivity index (χ3v) is 6.07. The van der Waals surface area contributed by atoms with Crippen LogP contribution in [0.15, 0.2) is 93.9 Å². The number of hydrogen-bond donors (Lipinski definition) is 1. The van der Waals surface area contributed by atoms with E-state index in [1.807, 2.05) is 73.7 Å². The summed E-state index contributed by atoms with van der Waals surface area (Å²) in [6.45, 7) is 1.98. The highest BCUT2D eigenvalue weighted by molar-refractivity contribution is 7.99. The molecular weight excluding hydrogens is 460 g/mol. The molecule has 0 aliphatic heterocycles. The molecule has 0 aliphatic rings. The fraction of sp³-hybridized carbons (Fsp3) is 0.111. The van der Waals surface area contributed by atoms with Crippen LogP contribution in [0.3, 0.4) is 0 Å². The molecule has 3 aromatic carbocycles. The van der Waals surface area contributed by atoms with Gasteiger partial charge in [-0.25, -0.2) is 10.4 Å².